The van der Waals surface area contributed by atoms with Gasteiger partial charge in [0.25, 0.3) is 0 Å². The minimum absolute atomic E-state index is 0.739. The molecule has 0 bridgehead atoms. The molecule has 1 nitrogen and oxygen atoms in total. The van der Waals surface area contributed by atoms with E-state index in [4.69, 9.17) is 0 Å². The molecule has 1 N–H and O–H groups in total. The normalized spacial score (nSPS) is 30.2. The molecule has 0 aliphatic heterocycles. The molecule has 0 spiro atoms. The van der Waals surface area contributed by atoms with Crippen LogP contribution in [0.2, 0.25) is 0 Å². The second-order valence-corrected chi connectivity index (χ2v) is 5.59. The first-order valence-corrected chi connectivity index (χ1v) is 7.40. The largest absolute Gasteiger partial charge is 0.310 e. The van der Waals surface area contributed by atoms with Crippen molar-refractivity contribution in [2.45, 2.75) is 58.0 Å². The third-order valence-electron chi connectivity index (χ3n) is 3.35. The summed E-state index contributed by atoms with van der Waals surface area (Å²) in [5, 5.41) is 3.81. The summed E-state index contributed by atoms with van der Waals surface area (Å²) in [6.45, 7) is 4.68. The third-order valence-corrected chi connectivity index (χ3v) is 4.08. The highest BCUT2D eigenvalue weighted by molar-refractivity contribution is 7.98. The van der Waals surface area contributed by atoms with E-state index in [9.17, 15) is 0 Å². The molecule has 0 heterocycles. The Balaban J connectivity index is 2.21. The van der Waals surface area contributed by atoms with Crippen LogP contribution in [0.5, 0.6) is 0 Å². The van der Waals surface area contributed by atoms with Gasteiger partial charge < -0.3 is 5.32 Å². The molecule has 1 saturated carbocycles. The van der Waals surface area contributed by atoms with Crippen molar-refractivity contribution < 1.29 is 0 Å². The van der Waals surface area contributed by atoms with Gasteiger partial charge in [-0.1, -0.05) is 13.8 Å². The van der Waals surface area contributed by atoms with Gasteiger partial charge in [-0.05, 0) is 44.3 Å². The van der Waals surface area contributed by atoms with E-state index in [0.717, 1.165) is 18.0 Å². The van der Waals surface area contributed by atoms with Crippen molar-refractivity contribution >= 4 is 11.8 Å². The molecular weight excluding hydrogens is 190 g/mol. The lowest BCUT2D eigenvalue weighted by Gasteiger charge is -2.30. The molecule has 1 aliphatic carbocycles. The average Bonchev–Trinajstić information content (AvgIpc) is 2.20. The summed E-state index contributed by atoms with van der Waals surface area (Å²) in [7, 11) is 0. The molecule has 0 saturated heterocycles. The predicted octanol–water partition coefficient (Wildman–Crippen LogP) is 3.30. The zero-order chi connectivity index (χ0) is 10.4. The standard InChI is InChI=1S/C12H25NS/c1-4-11(9-14-3)13-12-7-5-10(2)6-8-12/h10-13H,4-9H2,1-3H3. The van der Waals surface area contributed by atoms with Crippen LogP contribution in [0.25, 0.3) is 0 Å². The quantitative estimate of drug-likeness (QED) is 0.755. The van der Waals surface area contributed by atoms with E-state index in [1.807, 2.05) is 11.8 Å². The second kappa shape index (κ2) is 6.73. The summed E-state index contributed by atoms with van der Waals surface area (Å²) in [6.07, 6.45) is 9.11. The van der Waals surface area contributed by atoms with Crippen molar-refractivity contribution in [2.24, 2.45) is 5.92 Å². The van der Waals surface area contributed by atoms with Crippen LogP contribution in [0.1, 0.15) is 46.0 Å². The van der Waals surface area contributed by atoms with Gasteiger partial charge in [0.05, 0.1) is 0 Å². The van der Waals surface area contributed by atoms with Crippen molar-refractivity contribution in [3.8, 4) is 0 Å². The van der Waals surface area contributed by atoms with Gasteiger partial charge in [0.1, 0.15) is 0 Å². The van der Waals surface area contributed by atoms with Crippen LogP contribution < -0.4 is 5.32 Å². The zero-order valence-corrected chi connectivity index (χ0v) is 10.7. The second-order valence-electron chi connectivity index (χ2n) is 4.68. The van der Waals surface area contributed by atoms with Gasteiger partial charge in [0, 0.05) is 17.8 Å². The molecule has 84 valence electrons. The Labute approximate surface area is 93.4 Å². The van der Waals surface area contributed by atoms with Crippen LogP contribution in [-0.2, 0) is 0 Å². The minimum Gasteiger partial charge on any atom is -0.310 e. The Bertz CT molecular complexity index is 141. The van der Waals surface area contributed by atoms with Gasteiger partial charge >= 0.3 is 0 Å². The molecule has 1 aliphatic rings. The fraction of sp³-hybridized carbons (Fsp3) is 1.00. The van der Waals surface area contributed by atoms with Crippen LogP contribution in [0.3, 0.4) is 0 Å². The molecule has 0 aromatic carbocycles. The lowest BCUT2D eigenvalue weighted by molar-refractivity contribution is 0.290. The van der Waals surface area contributed by atoms with Gasteiger partial charge in [-0.15, -0.1) is 0 Å². The number of thioether (sulfide) groups is 1. The maximum absolute atomic E-state index is 3.81. The molecule has 1 fully saturated rings. The Morgan fingerprint density at radius 3 is 2.43 bits per heavy atom. The predicted molar refractivity (Wildman–Crippen MR) is 67.0 cm³/mol. The van der Waals surface area contributed by atoms with E-state index in [0.29, 0.717) is 0 Å². The lowest BCUT2D eigenvalue weighted by atomic mass is 9.87. The van der Waals surface area contributed by atoms with Crippen LogP contribution in [0, 0.1) is 5.92 Å². The number of rotatable bonds is 5. The fourth-order valence-corrected chi connectivity index (χ4v) is 2.98. The number of nitrogens with one attached hydrogen (secondary N) is 1. The first kappa shape index (κ1) is 12.4. The van der Waals surface area contributed by atoms with Crippen LogP contribution >= 0.6 is 11.8 Å². The summed E-state index contributed by atoms with van der Waals surface area (Å²) < 4.78 is 0. The van der Waals surface area contributed by atoms with Crippen molar-refractivity contribution in [1.82, 2.24) is 5.32 Å². The molecule has 1 unspecified atom stereocenters. The highest BCUT2D eigenvalue weighted by Crippen LogP contribution is 2.24. The molecule has 2 heteroatoms. The van der Waals surface area contributed by atoms with E-state index >= 15 is 0 Å². The first-order valence-electron chi connectivity index (χ1n) is 6.01. The Morgan fingerprint density at radius 1 is 1.29 bits per heavy atom. The van der Waals surface area contributed by atoms with Gasteiger partial charge in [0.15, 0.2) is 0 Å². The van der Waals surface area contributed by atoms with Crippen molar-refractivity contribution in [2.75, 3.05) is 12.0 Å². The highest BCUT2D eigenvalue weighted by Gasteiger charge is 2.19. The van der Waals surface area contributed by atoms with Gasteiger partial charge in [-0.3, -0.25) is 0 Å². The van der Waals surface area contributed by atoms with Crippen molar-refractivity contribution in [3.05, 3.63) is 0 Å². The molecule has 1 atom stereocenters. The van der Waals surface area contributed by atoms with Crippen molar-refractivity contribution in [3.63, 3.8) is 0 Å². The Hall–Kier alpha value is 0.310. The molecule has 0 radical (unpaired) electrons. The lowest BCUT2D eigenvalue weighted by Crippen LogP contribution is -2.41. The smallest absolute Gasteiger partial charge is 0.0158 e. The Kier molecular flexibility index (Phi) is 5.95. The van der Waals surface area contributed by atoms with E-state index in [1.54, 1.807) is 0 Å². The minimum atomic E-state index is 0.739. The molecule has 1 rings (SSSR count). The van der Waals surface area contributed by atoms with Gasteiger partial charge in [-0.2, -0.15) is 11.8 Å². The summed E-state index contributed by atoms with van der Waals surface area (Å²) in [5.74, 6) is 2.23. The number of hydrogen-bond acceptors (Lipinski definition) is 2. The fourth-order valence-electron chi connectivity index (χ4n) is 2.25. The molecular formula is C12H25NS. The third kappa shape index (κ3) is 4.22. The summed E-state index contributed by atoms with van der Waals surface area (Å²) in [4.78, 5) is 0. The summed E-state index contributed by atoms with van der Waals surface area (Å²) >= 11 is 1.96. The average molecular weight is 215 g/mol. The summed E-state index contributed by atoms with van der Waals surface area (Å²) in [5.41, 5.74) is 0. The molecule has 0 aromatic heterocycles. The molecule has 0 aromatic rings. The van der Waals surface area contributed by atoms with E-state index in [-0.39, 0.29) is 0 Å². The van der Waals surface area contributed by atoms with Gasteiger partial charge in [-0.25, -0.2) is 0 Å². The first-order chi connectivity index (χ1) is 6.76. The zero-order valence-electron chi connectivity index (χ0n) is 9.88. The van der Waals surface area contributed by atoms with Gasteiger partial charge in [0.2, 0.25) is 0 Å². The Morgan fingerprint density at radius 2 is 1.93 bits per heavy atom. The van der Waals surface area contributed by atoms with E-state index in [2.05, 4.69) is 25.4 Å². The van der Waals surface area contributed by atoms with Crippen LogP contribution in [-0.4, -0.2) is 24.1 Å². The molecule has 0 amide bonds. The number of hydrogen-bond donors (Lipinski definition) is 1. The maximum Gasteiger partial charge on any atom is 0.0158 e. The van der Waals surface area contributed by atoms with E-state index in [1.165, 1.54) is 37.9 Å². The van der Waals surface area contributed by atoms with Crippen molar-refractivity contribution in [1.29, 1.82) is 0 Å². The topological polar surface area (TPSA) is 12.0 Å². The monoisotopic (exact) mass is 215 g/mol. The maximum atomic E-state index is 3.81. The summed E-state index contributed by atoms with van der Waals surface area (Å²) in [6, 6.07) is 1.55. The SMILES string of the molecule is CCC(CSC)NC1CCC(C)CC1. The van der Waals surface area contributed by atoms with Crippen LogP contribution in [0.15, 0.2) is 0 Å². The molecule has 14 heavy (non-hydrogen) atoms. The van der Waals surface area contributed by atoms with Crippen LogP contribution in [0.4, 0.5) is 0 Å². The van der Waals surface area contributed by atoms with E-state index < -0.39 is 0 Å². The highest BCUT2D eigenvalue weighted by atomic mass is 32.2.